The standard InChI is InChI=1S/C12H21NO2/c1-9(2)7-14-8-11-5-10(3)12(15-11)6-13-4/h5,9,13H,6-8H2,1-4H3. The van der Waals surface area contributed by atoms with Crippen LogP contribution in [0.5, 0.6) is 0 Å². The monoisotopic (exact) mass is 211 g/mol. The zero-order valence-electron chi connectivity index (χ0n) is 10.1. The summed E-state index contributed by atoms with van der Waals surface area (Å²) < 4.78 is 11.2. The van der Waals surface area contributed by atoms with Gasteiger partial charge in [-0.25, -0.2) is 0 Å². The maximum Gasteiger partial charge on any atom is 0.130 e. The molecule has 0 saturated carbocycles. The van der Waals surface area contributed by atoms with Crippen LogP contribution >= 0.6 is 0 Å². The van der Waals surface area contributed by atoms with E-state index in [1.54, 1.807) is 0 Å². The Morgan fingerprint density at radius 3 is 2.80 bits per heavy atom. The van der Waals surface area contributed by atoms with E-state index in [1.165, 1.54) is 5.56 Å². The molecular weight excluding hydrogens is 190 g/mol. The lowest BCUT2D eigenvalue weighted by Gasteiger charge is -2.04. The van der Waals surface area contributed by atoms with Crippen molar-refractivity contribution in [2.24, 2.45) is 5.92 Å². The summed E-state index contributed by atoms with van der Waals surface area (Å²) in [5.74, 6) is 2.48. The summed E-state index contributed by atoms with van der Waals surface area (Å²) in [7, 11) is 1.91. The van der Waals surface area contributed by atoms with Gasteiger partial charge in [0.1, 0.15) is 18.1 Å². The topological polar surface area (TPSA) is 34.4 Å². The Bertz CT molecular complexity index is 292. The second-order valence-electron chi connectivity index (χ2n) is 4.26. The highest BCUT2D eigenvalue weighted by Gasteiger charge is 2.06. The first-order valence-corrected chi connectivity index (χ1v) is 5.44. The van der Waals surface area contributed by atoms with Gasteiger partial charge < -0.3 is 14.5 Å². The summed E-state index contributed by atoms with van der Waals surface area (Å²) in [6.07, 6.45) is 0. The van der Waals surface area contributed by atoms with Gasteiger partial charge >= 0.3 is 0 Å². The molecular formula is C12H21NO2. The Morgan fingerprint density at radius 2 is 2.20 bits per heavy atom. The van der Waals surface area contributed by atoms with E-state index in [9.17, 15) is 0 Å². The molecule has 0 aliphatic rings. The first-order valence-electron chi connectivity index (χ1n) is 5.44. The lowest BCUT2D eigenvalue weighted by atomic mass is 10.2. The van der Waals surface area contributed by atoms with E-state index < -0.39 is 0 Å². The van der Waals surface area contributed by atoms with Gasteiger partial charge in [0.15, 0.2) is 0 Å². The molecule has 1 rings (SSSR count). The van der Waals surface area contributed by atoms with Gasteiger partial charge in [-0.3, -0.25) is 0 Å². The second kappa shape index (κ2) is 5.93. The van der Waals surface area contributed by atoms with E-state index in [0.29, 0.717) is 12.5 Å². The van der Waals surface area contributed by atoms with Crippen molar-refractivity contribution >= 4 is 0 Å². The molecule has 0 bridgehead atoms. The predicted octanol–water partition coefficient (Wildman–Crippen LogP) is 2.48. The van der Waals surface area contributed by atoms with E-state index in [4.69, 9.17) is 9.15 Å². The first-order chi connectivity index (χ1) is 7.13. The largest absolute Gasteiger partial charge is 0.462 e. The molecule has 0 atom stereocenters. The minimum absolute atomic E-state index is 0.567. The minimum atomic E-state index is 0.567. The summed E-state index contributed by atoms with van der Waals surface area (Å²) in [4.78, 5) is 0. The van der Waals surface area contributed by atoms with Crippen LogP contribution in [-0.2, 0) is 17.9 Å². The van der Waals surface area contributed by atoms with Crippen LogP contribution in [0.4, 0.5) is 0 Å². The molecule has 0 aliphatic carbocycles. The molecule has 0 radical (unpaired) electrons. The number of furan rings is 1. The minimum Gasteiger partial charge on any atom is -0.462 e. The third-order valence-electron chi connectivity index (χ3n) is 2.10. The van der Waals surface area contributed by atoms with E-state index >= 15 is 0 Å². The van der Waals surface area contributed by atoms with Gasteiger partial charge in [-0.15, -0.1) is 0 Å². The van der Waals surface area contributed by atoms with Gasteiger partial charge in [0.05, 0.1) is 6.54 Å². The van der Waals surface area contributed by atoms with Crippen molar-refractivity contribution in [3.8, 4) is 0 Å². The number of ether oxygens (including phenoxy) is 1. The molecule has 1 N–H and O–H groups in total. The maximum absolute atomic E-state index is 5.65. The summed E-state index contributed by atoms with van der Waals surface area (Å²) in [5.41, 5.74) is 1.19. The molecule has 3 nitrogen and oxygen atoms in total. The van der Waals surface area contributed by atoms with Gasteiger partial charge in [0, 0.05) is 6.61 Å². The normalized spacial score (nSPS) is 11.3. The fourth-order valence-electron chi connectivity index (χ4n) is 1.39. The van der Waals surface area contributed by atoms with Gasteiger partial charge in [-0.2, -0.15) is 0 Å². The molecule has 1 aromatic heterocycles. The molecule has 15 heavy (non-hydrogen) atoms. The lowest BCUT2D eigenvalue weighted by molar-refractivity contribution is 0.0838. The molecule has 0 saturated heterocycles. The van der Waals surface area contributed by atoms with Gasteiger partial charge in [0.2, 0.25) is 0 Å². The zero-order valence-corrected chi connectivity index (χ0v) is 10.1. The molecule has 86 valence electrons. The van der Waals surface area contributed by atoms with E-state index in [2.05, 4.69) is 26.1 Å². The first kappa shape index (κ1) is 12.3. The van der Waals surface area contributed by atoms with Crippen molar-refractivity contribution in [2.45, 2.75) is 33.9 Å². The molecule has 0 spiro atoms. The Hall–Kier alpha value is -0.800. The molecule has 1 aromatic rings. The van der Waals surface area contributed by atoms with Crippen molar-refractivity contribution in [3.05, 3.63) is 23.2 Å². The Balaban J connectivity index is 2.44. The van der Waals surface area contributed by atoms with Crippen molar-refractivity contribution in [1.82, 2.24) is 5.32 Å². The van der Waals surface area contributed by atoms with Crippen molar-refractivity contribution in [2.75, 3.05) is 13.7 Å². The predicted molar refractivity (Wildman–Crippen MR) is 60.7 cm³/mol. The van der Waals surface area contributed by atoms with E-state index in [1.807, 2.05) is 13.1 Å². The number of hydrogen-bond acceptors (Lipinski definition) is 3. The highest BCUT2D eigenvalue weighted by molar-refractivity contribution is 5.19. The van der Waals surface area contributed by atoms with Crippen molar-refractivity contribution in [1.29, 1.82) is 0 Å². The molecule has 0 unspecified atom stereocenters. The van der Waals surface area contributed by atoms with Crippen LogP contribution in [0.25, 0.3) is 0 Å². The van der Waals surface area contributed by atoms with Crippen LogP contribution in [0.2, 0.25) is 0 Å². The third kappa shape index (κ3) is 4.06. The highest BCUT2D eigenvalue weighted by atomic mass is 16.5. The summed E-state index contributed by atoms with van der Waals surface area (Å²) >= 11 is 0. The Morgan fingerprint density at radius 1 is 1.47 bits per heavy atom. The smallest absolute Gasteiger partial charge is 0.130 e. The highest BCUT2D eigenvalue weighted by Crippen LogP contribution is 2.15. The van der Waals surface area contributed by atoms with Crippen LogP contribution in [0.15, 0.2) is 10.5 Å². The number of aryl methyl sites for hydroxylation is 1. The van der Waals surface area contributed by atoms with Gasteiger partial charge in [-0.1, -0.05) is 13.8 Å². The molecule has 0 fully saturated rings. The van der Waals surface area contributed by atoms with E-state index in [0.717, 1.165) is 24.7 Å². The Kier molecular flexibility index (Phi) is 4.85. The molecule has 1 heterocycles. The number of hydrogen-bond donors (Lipinski definition) is 1. The van der Waals surface area contributed by atoms with Gasteiger partial charge in [-0.05, 0) is 31.5 Å². The molecule has 0 aliphatic heterocycles. The van der Waals surface area contributed by atoms with Crippen LogP contribution in [0.3, 0.4) is 0 Å². The van der Waals surface area contributed by atoms with Crippen LogP contribution in [0.1, 0.15) is 30.9 Å². The average molecular weight is 211 g/mol. The SMILES string of the molecule is CNCc1oc(COCC(C)C)cc1C. The average Bonchev–Trinajstić information content (AvgIpc) is 2.47. The number of rotatable bonds is 6. The number of nitrogens with one attached hydrogen (secondary N) is 1. The van der Waals surface area contributed by atoms with Crippen molar-refractivity contribution < 1.29 is 9.15 Å². The van der Waals surface area contributed by atoms with Crippen LogP contribution in [-0.4, -0.2) is 13.7 Å². The Labute approximate surface area is 91.8 Å². The fraction of sp³-hybridized carbons (Fsp3) is 0.667. The van der Waals surface area contributed by atoms with Gasteiger partial charge in [0.25, 0.3) is 0 Å². The molecule has 3 heteroatoms. The van der Waals surface area contributed by atoms with E-state index in [-0.39, 0.29) is 0 Å². The fourth-order valence-corrected chi connectivity index (χ4v) is 1.39. The molecule has 0 amide bonds. The summed E-state index contributed by atoms with van der Waals surface area (Å²) in [6, 6.07) is 2.05. The lowest BCUT2D eigenvalue weighted by Crippen LogP contribution is -2.04. The maximum atomic E-state index is 5.65. The summed E-state index contributed by atoms with van der Waals surface area (Å²) in [5, 5.41) is 3.08. The summed E-state index contributed by atoms with van der Waals surface area (Å²) in [6.45, 7) is 8.46. The zero-order chi connectivity index (χ0) is 11.3. The van der Waals surface area contributed by atoms with Crippen LogP contribution < -0.4 is 5.32 Å². The quantitative estimate of drug-likeness (QED) is 0.785. The van der Waals surface area contributed by atoms with Crippen LogP contribution in [0, 0.1) is 12.8 Å². The van der Waals surface area contributed by atoms with Crippen molar-refractivity contribution in [3.63, 3.8) is 0 Å². The third-order valence-corrected chi connectivity index (χ3v) is 2.10. The second-order valence-corrected chi connectivity index (χ2v) is 4.26. The molecule has 0 aromatic carbocycles.